The zero-order chi connectivity index (χ0) is 16.4. The number of hydrogen-bond acceptors (Lipinski definition) is 5. The normalized spacial score (nSPS) is 16.0. The van der Waals surface area contributed by atoms with E-state index in [0.717, 1.165) is 5.56 Å². The molecule has 1 atom stereocenters. The molecule has 0 bridgehead atoms. The van der Waals surface area contributed by atoms with Gasteiger partial charge in [0.05, 0.1) is 4.92 Å². The molecule has 0 fully saturated rings. The number of nitro benzene ring substituents is 1. The van der Waals surface area contributed by atoms with Crippen LogP contribution in [0.3, 0.4) is 0 Å². The van der Waals surface area contributed by atoms with Gasteiger partial charge in [0.25, 0.3) is 5.69 Å². The molecule has 23 heavy (non-hydrogen) atoms. The molecule has 2 aromatic rings. The smallest absolute Gasteiger partial charge is 0.283 e. The number of rotatable bonds is 4. The number of nitro groups is 1. The molecule has 0 amide bonds. The largest absolute Gasteiger partial charge is 0.486 e. The van der Waals surface area contributed by atoms with Crippen molar-refractivity contribution < 1.29 is 19.2 Å². The van der Waals surface area contributed by atoms with Crippen molar-refractivity contribution in [2.75, 3.05) is 6.61 Å². The van der Waals surface area contributed by atoms with E-state index in [-0.39, 0.29) is 23.1 Å². The minimum absolute atomic E-state index is 0.0823. The van der Waals surface area contributed by atoms with Gasteiger partial charge in [-0.3, -0.25) is 14.9 Å². The van der Waals surface area contributed by atoms with Crippen LogP contribution in [0.5, 0.6) is 11.5 Å². The third-order valence-electron chi connectivity index (χ3n) is 3.74. The molecule has 0 radical (unpaired) electrons. The molecule has 6 nitrogen and oxygen atoms in total. The highest BCUT2D eigenvalue weighted by molar-refractivity contribution is 5.87. The first kappa shape index (κ1) is 15.0. The monoisotopic (exact) mass is 313 g/mol. The average Bonchev–Trinajstić information content (AvgIpc) is 2.55. The van der Waals surface area contributed by atoms with Crippen LogP contribution in [-0.2, 0) is 6.42 Å². The van der Waals surface area contributed by atoms with Crippen LogP contribution in [0.4, 0.5) is 5.69 Å². The van der Waals surface area contributed by atoms with Gasteiger partial charge in [-0.15, -0.1) is 0 Å². The van der Waals surface area contributed by atoms with E-state index in [1.165, 1.54) is 17.7 Å². The number of fused-ring (bicyclic) bond motifs is 1. The van der Waals surface area contributed by atoms with Crippen LogP contribution in [-0.4, -0.2) is 23.9 Å². The fourth-order valence-electron chi connectivity index (χ4n) is 2.55. The van der Waals surface area contributed by atoms with Crippen LogP contribution < -0.4 is 9.47 Å². The molecule has 0 saturated carbocycles. The van der Waals surface area contributed by atoms with Crippen molar-refractivity contribution in [1.29, 1.82) is 0 Å². The summed E-state index contributed by atoms with van der Waals surface area (Å²) in [6, 6.07) is 10.7. The van der Waals surface area contributed by atoms with Gasteiger partial charge in [-0.25, -0.2) is 0 Å². The maximum Gasteiger partial charge on any atom is 0.283 e. The summed E-state index contributed by atoms with van der Waals surface area (Å²) in [5.41, 5.74) is 1.88. The minimum atomic E-state index is -0.600. The van der Waals surface area contributed by atoms with Gasteiger partial charge in [-0.2, -0.15) is 0 Å². The van der Waals surface area contributed by atoms with E-state index in [2.05, 4.69) is 0 Å². The van der Waals surface area contributed by atoms with Gasteiger partial charge in [-0.05, 0) is 18.6 Å². The van der Waals surface area contributed by atoms with E-state index in [4.69, 9.17) is 9.47 Å². The molecule has 2 aromatic carbocycles. The predicted octanol–water partition coefficient (Wildman–Crippen LogP) is 3.10. The van der Waals surface area contributed by atoms with E-state index < -0.39 is 4.92 Å². The third-order valence-corrected chi connectivity index (χ3v) is 3.74. The van der Waals surface area contributed by atoms with E-state index in [0.29, 0.717) is 25.1 Å². The lowest BCUT2D eigenvalue weighted by molar-refractivity contribution is -0.385. The Morgan fingerprint density at radius 1 is 1.26 bits per heavy atom. The molecule has 1 aliphatic rings. The Bertz CT molecular complexity index is 754. The Morgan fingerprint density at radius 2 is 2.00 bits per heavy atom. The van der Waals surface area contributed by atoms with E-state index >= 15 is 0 Å². The number of aldehydes is 1. The van der Waals surface area contributed by atoms with Gasteiger partial charge in [0.2, 0.25) is 0 Å². The number of carbonyl (C=O) groups is 1. The summed E-state index contributed by atoms with van der Waals surface area (Å²) >= 11 is 0. The van der Waals surface area contributed by atoms with E-state index in [1.54, 1.807) is 0 Å². The first-order valence-corrected chi connectivity index (χ1v) is 7.20. The SMILES string of the molecule is Cc1ccc(CC2COc3ccc([N+](=O)[O-])c(C=O)c3O2)cc1. The molecule has 118 valence electrons. The molecule has 0 saturated heterocycles. The molecule has 1 unspecified atom stereocenters. The molecular formula is C17H15NO5. The Morgan fingerprint density at radius 3 is 2.65 bits per heavy atom. The second kappa shape index (κ2) is 6.08. The summed E-state index contributed by atoms with van der Waals surface area (Å²) in [6.07, 6.45) is 0.737. The van der Waals surface area contributed by atoms with Crippen LogP contribution in [0.25, 0.3) is 0 Å². The van der Waals surface area contributed by atoms with Crippen molar-refractivity contribution in [3.05, 3.63) is 63.2 Å². The number of nitrogens with zero attached hydrogens (tertiary/aromatic N) is 1. The Balaban J connectivity index is 1.87. The lowest BCUT2D eigenvalue weighted by atomic mass is 10.1. The molecule has 3 rings (SSSR count). The minimum Gasteiger partial charge on any atom is -0.486 e. The molecule has 0 spiro atoms. The fraction of sp³-hybridized carbons (Fsp3) is 0.235. The number of benzene rings is 2. The van der Waals surface area contributed by atoms with E-state index in [9.17, 15) is 14.9 Å². The van der Waals surface area contributed by atoms with Gasteiger partial charge in [0.15, 0.2) is 17.8 Å². The van der Waals surface area contributed by atoms with Crippen LogP contribution in [0.15, 0.2) is 36.4 Å². The Hall–Kier alpha value is -2.89. The van der Waals surface area contributed by atoms with Crippen LogP contribution in [0.1, 0.15) is 21.5 Å². The molecule has 0 aromatic heterocycles. The van der Waals surface area contributed by atoms with E-state index in [1.807, 2.05) is 31.2 Å². The van der Waals surface area contributed by atoms with Crippen LogP contribution >= 0.6 is 0 Å². The van der Waals surface area contributed by atoms with Gasteiger partial charge in [0, 0.05) is 12.5 Å². The van der Waals surface area contributed by atoms with Crippen molar-refractivity contribution in [1.82, 2.24) is 0 Å². The fourth-order valence-corrected chi connectivity index (χ4v) is 2.55. The highest BCUT2D eigenvalue weighted by atomic mass is 16.6. The van der Waals surface area contributed by atoms with Crippen molar-refractivity contribution in [2.24, 2.45) is 0 Å². The summed E-state index contributed by atoms with van der Waals surface area (Å²) in [4.78, 5) is 21.7. The van der Waals surface area contributed by atoms with Crippen molar-refractivity contribution in [2.45, 2.75) is 19.4 Å². The van der Waals surface area contributed by atoms with Crippen molar-refractivity contribution >= 4 is 12.0 Å². The number of aryl methyl sites for hydroxylation is 1. The molecular weight excluding hydrogens is 298 g/mol. The second-order valence-corrected chi connectivity index (χ2v) is 5.44. The molecule has 0 N–H and O–H groups in total. The average molecular weight is 313 g/mol. The maximum absolute atomic E-state index is 11.3. The zero-order valence-electron chi connectivity index (χ0n) is 12.5. The summed E-state index contributed by atoms with van der Waals surface area (Å²) < 4.78 is 11.4. The summed E-state index contributed by atoms with van der Waals surface area (Å²) in [5.74, 6) is 0.510. The zero-order valence-corrected chi connectivity index (χ0v) is 12.5. The van der Waals surface area contributed by atoms with Gasteiger partial charge in [0.1, 0.15) is 18.3 Å². The molecule has 6 heteroatoms. The van der Waals surface area contributed by atoms with Crippen LogP contribution in [0, 0.1) is 17.0 Å². The Labute approximate surface area is 132 Å². The first-order valence-electron chi connectivity index (χ1n) is 7.20. The molecule has 1 heterocycles. The number of carbonyl (C=O) groups excluding carboxylic acids is 1. The topological polar surface area (TPSA) is 78.7 Å². The molecule has 1 aliphatic heterocycles. The summed E-state index contributed by atoms with van der Waals surface area (Å²) in [6.45, 7) is 2.34. The summed E-state index contributed by atoms with van der Waals surface area (Å²) in [7, 11) is 0. The lowest BCUT2D eigenvalue weighted by Gasteiger charge is -2.27. The highest BCUT2D eigenvalue weighted by Crippen LogP contribution is 2.39. The maximum atomic E-state index is 11.3. The number of ether oxygens (including phenoxy) is 2. The van der Waals surface area contributed by atoms with Gasteiger partial charge < -0.3 is 9.47 Å². The predicted molar refractivity (Wildman–Crippen MR) is 83.3 cm³/mol. The quantitative estimate of drug-likeness (QED) is 0.492. The molecule has 0 aliphatic carbocycles. The third kappa shape index (κ3) is 3.01. The summed E-state index contributed by atoms with van der Waals surface area (Å²) in [5, 5.41) is 11.0. The Kier molecular flexibility index (Phi) is 3.97. The van der Waals surface area contributed by atoms with Gasteiger partial charge in [-0.1, -0.05) is 29.8 Å². The standard InChI is InChI=1S/C17H15NO5/c1-11-2-4-12(5-3-11)8-13-10-22-16-7-6-15(18(20)21)14(9-19)17(16)23-13/h2-7,9,13H,8,10H2,1H3. The van der Waals surface area contributed by atoms with Crippen molar-refractivity contribution in [3.63, 3.8) is 0 Å². The van der Waals surface area contributed by atoms with Crippen LogP contribution in [0.2, 0.25) is 0 Å². The lowest BCUT2D eigenvalue weighted by Crippen LogP contribution is -2.31. The highest BCUT2D eigenvalue weighted by Gasteiger charge is 2.29. The second-order valence-electron chi connectivity index (χ2n) is 5.44. The first-order chi connectivity index (χ1) is 11.1. The van der Waals surface area contributed by atoms with Crippen molar-refractivity contribution in [3.8, 4) is 11.5 Å². The van der Waals surface area contributed by atoms with Gasteiger partial charge >= 0.3 is 0 Å². The number of hydrogen-bond donors (Lipinski definition) is 0.